The molecule has 0 spiro atoms. The zero-order chi connectivity index (χ0) is 14.8. The van der Waals surface area contributed by atoms with E-state index in [0.717, 1.165) is 13.0 Å². The van der Waals surface area contributed by atoms with E-state index in [4.69, 9.17) is 5.73 Å². The van der Waals surface area contributed by atoms with Crippen LogP contribution in [0.1, 0.15) is 32.6 Å². The molecule has 1 aromatic rings. The van der Waals surface area contributed by atoms with Gasteiger partial charge in [0, 0.05) is 13.1 Å². The Hall–Kier alpha value is -2.12. The van der Waals surface area contributed by atoms with E-state index in [-0.39, 0.29) is 5.69 Å². The number of rotatable bonds is 9. The normalized spacial score (nSPS) is 11.6. The number of nitro groups is 1. The second-order valence-electron chi connectivity index (χ2n) is 4.47. The molecular formula is C12H22N6O2. The third kappa shape index (κ3) is 6.17. The van der Waals surface area contributed by atoms with Crippen LogP contribution in [0.15, 0.2) is 17.4 Å². The molecule has 112 valence electrons. The summed E-state index contributed by atoms with van der Waals surface area (Å²) in [5.41, 5.74) is 5.70. The highest BCUT2D eigenvalue weighted by Gasteiger charge is 2.07. The monoisotopic (exact) mass is 282 g/mol. The predicted octanol–water partition coefficient (Wildman–Crippen LogP) is 1.28. The number of nitrogens with one attached hydrogen (secondary N) is 1. The molecule has 20 heavy (non-hydrogen) atoms. The van der Waals surface area contributed by atoms with Crippen molar-refractivity contribution in [1.82, 2.24) is 15.1 Å². The maximum atomic E-state index is 10.5. The van der Waals surface area contributed by atoms with Gasteiger partial charge in [0.25, 0.3) is 0 Å². The van der Waals surface area contributed by atoms with E-state index in [1.54, 1.807) is 0 Å². The van der Waals surface area contributed by atoms with Crippen molar-refractivity contribution in [3.05, 3.63) is 22.5 Å². The first-order valence-electron chi connectivity index (χ1n) is 6.84. The Morgan fingerprint density at radius 3 is 3.00 bits per heavy atom. The van der Waals surface area contributed by atoms with E-state index in [1.165, 1.54) is 36.3 Å². The molecule has 0 radical (unpaired) electrons. The summed E-state index contributed by atoms with van der Waals surface area (Å²) in [5, 5.41) is 17.3. The third-order valence-electron chi connectivity index (χ3n) is 2.77. The van der Waals surface area contributed by atoms with Crippen molar-refractivity contribution in [1.29, 1.82) is 0 Å². The van der Waals surface area contributed by atoms with Crippen LogP contribution in [0, 0.1) is 10.1 Å². The first-order valence-corrected chi connectivity index (χ1v) is 6.84. The summed E-state index contributed by atoms with van der Waals surface area (Å²) in [6, 6.07) is 0. The van der Waals surface area contributed by atoms with Gasteiger partial charge in [-0.2, -0.15) is 5.10 Å². The predicted molar refractivity (Wildman–Crippen MR) is 77.5 cm³/mol. The highest BCUT2D eigenvalue weighted by molar-refractivity contribution is 5.77. The summed E-state index contributed by atoms with van der Waals surface area (Å²) in [6.07, 6.45) is 7.26. The average molecular weight is 282 g/mol. The molecule has 1 rings (SSSR count). The molecule has 0 aliphatic carbocycles. The van der Waals surface area contributed by atoms with E-state index in [1.807, 2.05) is 0 Å². The Labute approximate surface area is 118 Å². The van der Waals surface area contributed by atoms with Crippen LogP contribution in [-0.2, 0) is 6.54 Å². The summed E-state index contributed by atoms with van der Waals surface area (Å²) in [5.74, 6) is 0.406. The smallest absolute Gasteiger partial charge is 0.306 e. The lowest BCUT2D eigenvalue weighted by atomic mass is 10.2. The summed E-state index contributed by atoms with van der Waals surface area (Å²) < 4.78 is 1.50. The fraction of sp³-hybridized carbons (Fsp3) is 0.667. The second kappa shape index (κ2) is 8.89. The first kappa shape index (κ1) is 15.9. The van der Waals surface area contributed by atoms with Crippen LogP contribution < -0.4 is 11.1 Å². The Kier molecular flexibility index (Phi) is 7.08. The van der Waals surface area contributed by atoms with Crippen molar-refractivity contribution < 1.29 is 4.92 Å². The number of unbranched alkanes of at least 4 members (excludes halogenated alkanes) is 3. The van der Waals surface area contributed by atoms with Crippen LogP contribution in [0.5, 0.6) is 0 Å². The van der Waals surface area contributed by atoms with Crippen LogP contribution in [0.25, 0.3) is 0 Å². The number of hydrogen-bond donors (Lipinski definition) is 2. The van der Waals surface area contributed by atoms with Gasteiger partial charge in [0.05, 0.1) is 11.5 Å². The fourth-order valence-electron chi connectivity index (χ4n) is 1.66. The second-order valence-corrected chi connectivity index (χ2v) is 4.47. The highest BCUT2D eigenvalue weighted by atomic mass is 16.6. The van der Waals surface area contributed by atoms with Crippen molar-refractivity contribution >= 4 is 11.6 Å². The van der Waals surface area contributed by atoms with E-state index < -0.39 is 4.92 Å². The summed E-state index contributed by atoms with van der Waals surface area (Å²) in [4.78, 5) is 14.2. The number of aliphatic imine (C=N–C) groups is 1. The van der Waals surface area contributed by atoms with E-state index in [9.17, 15) is 10.1 Å². The van der Waals surface area contributed by atoms with Gasteiger partial charge in [-0.3, -0.25) is 19.8 Å². The minimum Gasteiger partial charge on any atom is -0.370 e. The lowest BCUT2D eigenvalue weighted by Crippen LogP contribution is -2.34. The number of aromatic nitrogens is 2. The van der Waals surface area contributed by atoms with Crippen molar-refractivity contribution in [3.8, 4) is 0 Å². The van der Waals surface area contributed by atoms with Gasteiger partial charge in [-0.1, -0.05) is 26.2 Å². The molecule has 3 N–H and O–H groups in total. The molecule has 0 fully saturated rings. The lowest BCUT2D eigenvalue weighted by Gasteiger charge is -2.05. The number of nitrogens with zero attached hydrogens (tertiary/aromatic N) is 4. The van der Waals surface area contributed by atoms with Gasteiger partial charge in [0.15, 0.2) is 5.96 Å². The molecule has 1 heterocycles. The summed E-state index contributed by atoms with van der Waals surface area (Å²) in [7, 11) is 0. The molecule has 1 aromatic heterocycles. The minimum absolute atomic E-state index is 0.0115. The molecule has 8 nitrogen and oxygen atoms in total. The van der Waals surface area contributed by atoms with Gasteiger partial charge >= 0.3 is 5.69 Å². The lowest BCUT2D eigenvalue weighted by molar-refractivity contribution is -0.385. The van der Waals surface area contributed by atoms with Crippen molar-refractivity contribution in [3.63, 3.8) is 0 Å². The summed E-state index contributed by atoms with van der Waals surface area (Å²) in [6.45, 7) is 3.92. The molecule has 0 atom stereocenters. The minimum atomic E-state index is -0.469. The van der Waals surface area contributed by atoms with Crippen LogP contribution in [0.2, 0.25) is 0 Å². The number of hydrogen-bond acceptors (Lipinski definition) is 4. The fourth-order valence-corrected chi connectivity index (χ4v) is 1.66. The number of guanidine groups is 1. The Morgan fingerprint density at radius 1 is 1.55 bits per heavy atom. The Bertz CT molecular complexity index is 443. The van der Waals surface area contributed by atoms with Crippen molar-refractivity contribution in [2.75, 3.05) is 13.1 Å². The third-order valence-corrected chi connectivity index (χ3v) is 2.77. The zero-order valence-electron chi connectivity index (χ0n) is 11.8. The van der Waals surface area contributed by atoms with E-state index >= 15 is 0 Å². The van der Waals surface area contributed by atoms with Crippen LogP contribution in [0.4, 0.5) is 5.69 Å². The molecule has 0 saturated heterocycles. The van der Waals surface area contributed by atoms with Crippen LogP contribution in [0.3, 0.4) is 0 Å². The zero-order valence-corrected chi connectivity index (χ0v) is 11.8. The highest BCUT2D eigenvalue weighted by Crippen LogP contribution is 2.06. The SMILES string of the molecule is CCCCCCN=C(N)NCCn1cc([N+](=O)[O-])cn1. The molecular weight excluding hydrogens is 260 g/mol. The molecule has 0 unspecified atom stereocenters. The molecule has 0 amide bonds. The maximum absolute atomic E-state index is 10.5. The van der Waals surface area contributed by atoms with Gasteiger partial charge in [-0.05, 0) is 6.42 Å². The first-order chi connectivity index (χ1) is 9.63. The van der Waals surface area contributed by atoms with Crippen molar-refractivity contribution in [2.45, 2.75) is 39.2 Å². The molecule has 0 bridgehead atoms. The van der Waals surface area contributed by atoms with Gasteiger partial charge in [-0.25, -0.2) is 0 Å². The Morgan fingerprint density at radius 2 is 2.35 bits per heavy atom. The molecule has 0 saturated carbocycles. The average Bonchev–Trinajstić information content (AvgIpc) is 2.87. The van der Waals surface area contributed by atoms with Gasteiger partial charge in [0.2, 0.25) is 0 Å². The Balaban J connectivity index is 2.18. The van der Waals surface area contributed by atoms with Gasteiger partial charge in [-0.15, -0.1) is 0 Å². The molecule has 8 heteroatoms. The van der Waals surface area contributed by atoms with E-state index in [2.05, 4.69) is 22.3 Å². The maximum Gasteiger partial charge on any atom is 0.306 e. The molecule has 0 aliphatic heterocycles. The molecule has 0 aromatic carbocycles. The topological polar surface area (TPSA) is 111 Å². The van der Waals surface area contributed by atoms with E-state index in [0.29, 0.717) is 19.0 Å². The number of nitrogens with two attached hydrogens (primary N) is 1. The standard InChI is InChI=1S/C12H22N6O2/c1-2-3-4-5-6-14-12(13)15-7-8-17-10-11(9-16-17)18(19)20/h9-10H,2-8H2,1H3,(H3,13,14,15). The summed E-state index contributed by atoms with van der Waals surface area (Å²) >= 11 is 0. The van der Waals surface area contributed by atoms with Gasteiger partial charge < -0.3 is 11.1 Å². The van der Waals surface area contributed by atoms with Crippen LogP contribution in [-0.4, -0.2) is 33.8 Å². The van der Waals surface area contributed by atoms with Crippen molar-refractivity contribution in [2.24, 2.45) is 10.7 Å². The quantitative estimate of drug-likeness (QED) is 0.233. The van der Waals surface area contributed by atoms with Gasteiger partial charge in [0.1, 0.15) is 12.4 Å². The van der Waals surface area contributed by atoms with Crippen LogP contribution >= 0.6 is 0 Å². The largest absolute Gasteiger partial charge is 0.370 e. The molecule has 0 aliphatic rings.